The summed E-state index contributed by atoms with van der Waals surface area (Å²) in [5.41, 5.74) is 1.64. The van der Waals surface area contributed by atoms with Gasteiger partial charge in [0.1, 0.15) is 5.82 Å². The molecule has 19 heavy (non-hydrogen) atoms. The van der Waals surface area contributed by atoms with E-state index in [-0.39, 0.29) is 5.82 Å². The Morgan fingerprint density at radius 1 is 1.00 bits per heavy atom. The van der Waals surface area contributed by atoms with Crippen LogP contribution < -0.4 is 9.47 Å². The van der Waals surface area contributed by atoms with Crippen molar-refractivity contribution in [1.29, 1.82) is 5.26 Å². The topological polar surface area (TPSA) is 42.2 Å². The highest BCUT2D eigenvalue weighted by molar-refractivity contribution is 5.72. The summed E-state index contributed by atoms with van der Waals surface area (Å²) in [6, 6.07) is 11.3. The molecule has 0 radical (unpaired) electrons. The van der Waals surface area contributed by atoms with Gasteiger partial charge in [-0.15, -0.1) is 0 Å². The highest BCUT2D eigenvalue weighted by Gasteiger charge is 2.10. The van der Waals surface area contributed by atoms with E-state index in [4.69, 9.17) is 14.7 Å². The number of halogens is 1. The summed E-state index contributed by atoms with van der Waals surface area (Å²) in [6.07, 6.45) is 0. The monoisotopic (exact) mass is 257 g/mol. The van der Waals surface area contributed by atoms with Gasteiger partial charge in [0.05, 0.1) is 25.9 Å². The maximum atomic E-state index is 13.3. The third-order valence-corrected chi connectivity index (χ3v) is 2.80. The van der Waals surface area contributed by atoms with Gasteiger partial charge < -0.3 is 9.47 Å². The lowest BCUT2D eigenvalue weighted by molar-refractivity contribution is 0.355. The normalized spacial score (nSPS) is 9.79. The number of benzene rings is 2. The standard InChI is InChI=1S/C15H12FNO2/c1-18-14-6-4-10(7-15(14)19-2)13-8-12(16)5-3-11(13)9-17/h3-8H,1-2H3. The fourth-order valence-corrected chi connectivity index (χ4v) is 1.86. The van der Waals surface area contributed by atoms with Gasteiger partial charge in [-0.25, -0.2) is 4.39 Å². The molecule has 0 atom stereocenters. The number of nitrogens with zero attached hydrogens (tertiary/aromatic N) is 1. The highest BCUT2D eigenvalue weighted by Crippen LogP contribution is 2.33. The van der Waals surface area contributed by atoms with Crippen LogP contribution in [0.3, 0.4) is 0 Å². The molecule has 0 unspecified atom stereocenters. The van der Waals surface area contributed by atoms with Gasteiger partial charge in [-0.1, -0.05) is 6.07 Å². The molecular formula is C15H12FNO2. The van der Waals surface area contributed by atoms with E-state index >= 15 is 0 Å². The van der Waals surface area contributed by atoms with Gasteiger partial charge in [-0.05, 0) is 35.9 Å². The average molecular weight is 257 g/mol. The van der Waals surface area contributed by atoms with Crippen LogP contribution in [0.5, 0.6) is 11.5 Å². The van der Waals surface area contributed by atoms with Crippen molar-refractivity contribution >= 4 is 0 Å². The first-order chi connectivity index (χ1) is 9.19. The quantitative estimate of drug-likeness (QED) is 0.846. The zero-order valence-corrected chi connectivity index (χ0v) is 10.6. The van der Waals surface area contributed by atoms with E-state index < -0.39 is 0 Å². The molecule has 0 heterocycles. The van der Waals surface area contributed by atoms with E-state index in [9.17, 15) is 4.39 Å². The molecule has 0 N–H and O–H groups in total. The highest BCUT2D eigenvalue weighted by atomic mass is 19.1. The van der Waals surface area contributed by atoms with Crippen molar-refractivity contribution in [2.24, 2.45) is 0 Å². The molecule has 0 saturated carbocycles. The minimum atomic E-state index is -0.385. The summed E-state index contributed by atoms with van der Waals surface area (Å²) in [6.45, 7) is 0. The average Bonchev–Trinajstić information content (AvgIpc) is 2.46. The fourth-order valence-electron chi connectivity index (χ4n) is 1.86. The first-order valence-electron chi connectivity index (χ1n) is 5.61. The van der Waals surface area contributed by atoms with E-state index in [1.54, 1.807) is 25.3 Å². The minimum Gasteiger partial charge on any atom is -0.493 e. The second-order valence-electron chi connectivity index (χ2n) is 3.87. The van der Waals surface area contributed by atoms with E-state index in [1.165, 1.54) is 25.3 Å². The SMILES string of the molecule is COc1ccc(-c2cc(F)ccc2C#N)cc1OC. The van der Waals surface area contributed by atoms with Crippen LogP contribution in [0.2, 0.25) is 0 Å². The van der Waals surface area contributed by atoms with Crippen molar-refractivity contribution in [1.82, 2.24) is 0 Å². The second kappa shape index (κ2) is 5.40. The largest absolute Gasteiger partial charge is 0.493 e. The molecule has 0 saturated heterocycles. The lowest BCUT2D eigenvalue weighted by Crippen LogP contribution is -1.92. The molecule has 0 aromatic heterocycles. The van der Waals surface area contributed by atoms with Crippen molar-refractivity contribution in [2.45, 2.75) is 0 Å². The molecule has 0 aliphatic heterocycles. The Morgan fingerprint density at radius 3 is 2.37 bits per heavy atom. The predicted octanol–water partition coefficient (Wildman–Crippen LogP) is 3.38. The molecule has 96 valence electrons. The van der Waals surface area contributed by atoms with E-state index in [1.807, 2.05) is 6.07 Å². The summed E-state index contributed by atoms with van der Waals surface area (Å²) in [5, 5.41) is 9.07. The van der Waals surface area contributed by atoms with Crippen LogP contribution in [-0.4, -0.2) is 14.2 Å². The number of methoxy groups -OCH3 is 2. The molecule has 0 amide bonds. The summed E-state index contributed by atoms with van der Waals surface area (Å²) in [4.78, 5) is 0. The van der Waals surface area contributed by atoms with Gasteiger partial charge in [0.25, 0.3) is 0 Å². The van der Waals surface area contributed by atoms with Crippen LogP contribution in [0, 0.1) is 17.1 Å². The number of hydrogen-bond donors (Lipinski definition) is 0. The first kappa shape index (κ1) is 12.9. The maximum absolute atomic E-state index is 13.3. The third kappa shape index (κ3) is 2.50. The van der Waals surface area contributed by atoms with Crippen LogP contribution in [0.4, 0.5) is 4.39 Å². The van der Waals surface area contributed by atoms with Crippen LogP contribution in [0.15, 0.2) is 36.4 Å². The van der Waals surface area contributed by atoms with Gasteiger partial charge in [-0.2, -0.15) is 5.26 Å². The van der Waals surface area contributed by atoms with E-state index in [0.29, 0.717) is 28.2 Å². The van der Waals surface area contributed by atoms with Crippen molar-refractivity contribution in [3.05, 3.63) is 47.8 Å². The number of ether oxygens (including phenoxy) is 2. The van der Waals surface area contributed by atoms with Gasteiger partial charge in [0, 0.05) is 5.56 Å². The summed E-state index contributed by atoms with van der Waals surface area (Å²) in [5.74, 6) is 0.734. The Kier molecular flexibility index (Phi) is 3.67. The number of hydrogen-bond acceptors (Lipinski definition) is 3. The lowest BCUT2D eigenvalue weighted by Gasteiger charge is -2.10. The maximum Gasteiger partial charge on any atom is 0.161 e. The van der Waals surface area contributed by atoms with Crippen LogP contribution in [0.25, 0.3) is 11.1 Å². The van der Waals surface area contributed by atoms with Crippen LogP contribution >= 0.6 is 0 Å². The van der Waals surface area contributed by atoms with Crippen LogP contribution in [0.1, 0.15) is 5.56 Å². The number of rotatable bonds is 3. The van der Waals surface area contributed by atoms with Crippen molar-refractivity contribution in [3.8, 4) is 28.7 Å². The Morgan fingerprint density at radius 2 is 1.74 bits per heavy atom. The summed E-state index contributed by atoms with van der Waals surface area (Å²) < 4.78 is 23.7. The third-order valence-electron chi connectivity index (χ3n) is 2.80. The zero-order chi connectivity index (χ0) is 13.8. The molecule has 0 fully saturated rings. The minimum absolute atomic E-state index is 0.385. The van der Waals surface area contributed by atoms with Crippen molar-refractivity contribution in [2.75, 3.05) is 14.2 Å². The first-order valence-corrected chi connectivity index (χ1v) is 5.61. The molecule has 3 nitrogen and oxygen atoms in total. The zero-order valence-electron chi connectivity index (χ0n) is 10.6. The second-order valence-corrected chi connectivity index (χ2v) is 3.87. The Labute approximate surface area is 110 Å². The molecule has 2 rings (SSSR count). The Hall–Kier alpha value is -2.54. The molecule has 0 bridgehead atoms. The van der Waals surface area contributed by atoms with Crippen molar-refractivity contribution < 1.29 is 13.9 Å². The number of nitriles is 1. The predicted molar refractivity (Wildman–Crippen MR) is 69.7 cm³/mol. The van der Waals surface area contributed by atoms with Gasteiger partial charge in [0.2, 0.25) is 0 Å². The molecule has 0 spiro atoms. The summed E-state index contributed by atoms with van der Waals surface area (Å²) >= 11 is 0. The van der Waals surface area contributed by atoms with Gasteiger partial charge >= 0.3 is 0 Å². The molecule has 2 aromatic rings. The van der Waals surface area contributed by atoms with Crippen LogP contribution in [-0.2, 0) is 0 Å². The molecule has 0 aliphatic rings. The van der Waals surface area contributed by atoms with E-state index in [0.717, 1.165) is 0 Å². The molecule has 2 aromatic carbocycles. The molecule has 0 aliphatic carbocycles. The van der Waals surface area contributed by atoms with Gasteiger partial charge in [0.15, 0.2) is 11.5 Å². The van der Waals surface area contributed by atoms with Crippen molar-refractivity contribution in [3.63, 3.8) is 0 Å². The smallest absolute Gasteiger partial charge is 0.161 e. The Balaban J connectivity index is 2.59. The van der Waals surface area contributed by atoms with E-state index in [2.05, 4.69) is 0 Å². The summed E-state index contributed by atoms with van der Waals surface area (Å²) in [7, 11) is 3.07. The molecule has 4 heteroatoms. The fraction of sp³-hybridized carbons (Fsp3) is 0.133. The Bertz CT molecular complexity index is 647. The molecular weight excluding hydrogens is 245 g/mol. The lowest BCUT2D eigenvalue weighted by atomic mass is 10.00. The van der Waals surface area contributed by atoms with Gasteiger partial charge in [-0.3, -0.25) is 0 Å².